The minimum absolute atomic E-state index is 0.148. The van der Waals surface area contributed by atoms with E-state index in [2.05, 4.69) is 20.4 Å². The normalized spacial score (nSPS) is 11.8. The van der Waals surface area contributed by atoms with Crippen molar-refractivity contribution in [3.8, 4) is 6.07 Å². The van der Waals surface area contributed by atoms with E-state index in [-0.39, 0.29) is 10.0 Å². The lowest BCUT2D eigenvalue weighted by Crippen LogP contribution is -2.05. The Morgan fingerprint density at radius 1 is 1.27 bits per heavy atom. The smallest absolute Gasteiger partial charge is 0.261 e. The molecule has 0 saturated carbocycles. The Hall–Kier alpha value is -2.41. The zero-order chi connectivity index (χ0) is 21.9. The number of alkyl halides is 3. The Morgan fingerprint density at radius 3 is 2.67 bits per heavy atom. The number of hydrogen-bond donors (Lipinski definition) is 0. The second-order valence-corrected chi connectivity index (χ2v) is 8.56. The SMILES string of the molecule is Cc1ccc(N=CCc2snc(Sc3ncc(C(F)(F)F)cc3Cl)c2C#N)c(C)c1. The Labute approximate surface area is 184 Å². The summed E-state index contributed by atoms with van der Waals surface area (Å²) in [5, 5.41) is 9.89. The Bertz CT molecular complexity index is 1150. The predicted molar refractivity (Wildman–Crippen MR) is 113 cm³/mol. The molecule has 0 spiro atoms. The van der Waals surface area contributed by atoms with E-state index in [1.165, 1.54) is 0 Å². The summed E-state index contributed by atoms with van der Waals surface area (Å²) in [7, 11) is 0. The van der Waals surface area contributed by atoms with Crippen LogP contribution in [0.5, 0.6) is 0 Å². The molecule has 3 rings (SSSR count). The highest BCUT2D eigenvalue weighted by atomic mass is 35.5. The highest BCUT2D eigenvalue weighted by Gasteiger charge is 2.31. The number of rotatable bonds is 5. The maximum Gasteiger partial charge on any atom is 0.417 e. The Balaban J connectivity index is 1.78. The third kappa shape index (κ3) is 5.19. The molecule has 3 aromatic rings. The zero-order valence-corrected chi connectivity index (χ0v) is 18.2. The van der Waals surface area contributed by atoms with Crippen molar-refractivity contribution in [2.24, 2.45) is 4.99 Å². The van der Waals surface area contributed by atoms with Crippen molar-refractivity contribution in [1.29, 1.82) is 5.26 Å². The van der Waals surface area contributed by atoms with Crippen LogP contribution in [-0.4, -0.2) is 15.6 Å². The average molecular weight is 467 g/mol. The molecule has 0 atom stereocenters. The number of nitrogens with zero attached hydrogens (tertiary/aromatic N) is 4. The lowest BCUT2D eigenvalue weighted by atomic mass is 10.1. The maximum atomic E-state index is 12.8. The standard InChI is InChI=1S/C20H14ClF3N4S2/c1-11-3-4-16(12(2)7-11)26-6-5-17-14(9-25)18(28-30-17)29-19-15(21)8-13(10-27-19)20(22,23)24/h3-4,6-8,10H,5H2,1-2H3. The molecule has 0 unspecified atom stereocenters. The van der Waals surface area contributed by atoms with Crippen molar-refractivity contribution in [3.05, 3.63) is 62.6 Å². The third-order valence-corrected chi connectivity index (χ3v) is 6.42. The molecule has 0 aliphatic heterocycles. The minimum Gasteiger partial charge on any atom is -0.261 e. The molecular weight excluding hydrogens is 453 g/mol. The summed E-state index contributed by atoms with van der Waals surface area (Å²) >= 11 is 8.05. The van der Waals surface area contributed by atoms with E-state index in [1.54, 1.807) is 6.21 Å². The number of benzene rings is 1. The number of aryl methyl sites for hydroxylation is 2. The molecule has 2 aromatic heterocycles. The molecule has 0 saturated heterocycles. The van der Waals surface area contributed by atoms with E-state index in [0.717, 1.165) is 46.2 Å². The molecule has 1 aromatic carbocycles. The summed E-state index contributed by atoms with van der Waals surface area (Å²) in [4.78, 5) is 8.94. The van der Waals surface area contributed by atoms with Gasteiger partial charge in [-0.1, -0.05) is 29.3 Å². The van der Waals surface area contributed by atoms with E-state index < -0.39 is 11.7 Å². The van der Waals surface area contributed by atoms with Gasteiger partial charge in [-0.2, -0.15) is 22.8 Å². The summed E-state index contributed by atoms with van der Waals surface area (Å²) in [6.07, 6.45) is -1.70. The number of halogens is 4. The number of aromatic nitrogens is 2. The molecule has 10 heteroatoms. The van der Waals surface area contributed by atoms with Crippen LogP contribution in [0.15, 0.2) is 45.5 Å². The van der Waals surface area contributed by atoms with Gasteiger partial charge in [-0.05, 0) is 54.8 Å². The van der Waals surface area contributed by atoms with Gasteiger partial charge in [0.15, 0.2) is 0 Å². The fraction of sp³-hybridized carbons (Fsp3) is 0.200. The van der Waals surface area contributed by atoms with Gasteiger partial charge in [0.1, 0.15) is 21.7 Å². The largest absolute Gasteiger partial charge is 0.417 e. The first-order chi connectivity index (χ1) is 14.2. The highest BCUT2D eigenvalue weighted by molar-refractivity contribution is 7.99. The van der Waals surface area contributed by atoms with E-state index in [4.69, 9.17) is 11.6 Å². The van der Waals surface area contributed by atoms with E-state index in [0.29, 0.717) is 28.1 Å². The number of hydrogen-bond acceptors (Lipinski definition) is 6. The summed E-state index contributed by atoms with van der Waals surface area (Å²) in [6, 6.07) is 8.86. The molecule has 2 heterocycles. The summed E-state index contributed by atoms with van der Waals surface area (Å²) in [5.74, 6) is 0. The van der Waals surface area contributed by atoms with Gasteiger partial charge in [0.25, 0.3) is 0 Å². The van der Waals surface area contributed by atoms with Crippen LogP contribution in [0.2, 0.25) is 5.02 Å². The number of nitriles is 1. The molecule has 0 N–H and O–H groups in total. The van der Waals surface area contributed by atoms with Crippen molar-refractivity contribution in [3.63, 3.8) is 0 Å². The van der Waals surface area contributed by atoms with Gasteiger partial charge in [-0.3, -0.25) is 4.99 Å². The average Bonchev–Trinajstić information content (AvgIpc) is 3.05. The first-order valence-corrected chi connectivity index (χ1v) is 10.5. The van der Waals surface area contributed by atoms with Gasteiger partial charge in [0.2, 0.25) is 0 Å². The molecule has 0 amide bonds. The van der Waals surface area contributed by atoms with Crippen LogP contribution in [0.25, 0.3) is 0 Å². The topological polar surface area (TPSA) is 61.9 Å². The first kappa shape index (κ1) is 22.3. The van der Waals surface area contributed by atoms with Gasteiger partial charge >= 0.3 is 6.18 Å². The number of aliphatic imine (C=N–C) groups is 1. The fourth-order valence-corrected chi connectivity index (χ4v) is 4.54. The first-order valence-electron chi connectivity index (χ1n) is 8.58. The quantitative estimate of drug-likeness (QED) is 0.388. The molecular formula is C20H14ClF3N4S2. The number of pyridine rings is 1. The van der Waals surface area contributed by atoms with Crippen molar-refractivity contribution < 1.29 is 13.2 Å². The Kier molecular flexibility index (Phi) is 6.81. The molecule has 0 bridgehead atoms. The molecule has 0 fully saturated rings. The monoisotopic (exact) mass is 466 g/mol. The van der Waals surface area contributed by atoms with E-state index >= 15 is 0 Å². The van der Waals surface area contributed by atoms with Crippen LogP contribution in [0.3, 0.4) is 0 Å². The molecule has 0 aliphatic rings. The van der Waals surface area contributed by atoms with Crippen LogP contribution >= 0.6 is 34.9 Å². The van der Waals surface area contributed by atoms with Crippen molar-refractivity contribution in [2.45, 2.75) is 36.5 Å². The van der Waals surface area contributed by atoms with Crippen molar-refractivity contribution in [2.75, 3.05) is 0 Å². The lowest BCUT2D eigenvalue weighted by molar-refractivity contribution is -0.137. The van der Waals surface area contributed by atoms with Crippen LogP contribution in [0, 0.1) is 25.2 Å². The van der Waals surface area contributed by atoms with Gasteiger partial charge in [0, 0.05) is 23.7 Å². The third-order valence-electron chi connectivity index (χ3n) is 4.03. The van der Waals surface area contributed by atoms with Crippen LogP contribution in [-0.2, 0) is 12.6 Å². The molecule has 4 nitrogen and oxygen atoms in total. The van der Waals surface area contributed by atoms with Crippen LogP contribution in [0.1, 0.15) is 27.1 Å². The van der Waals surface area contributed by atoms with E-state index in [1.807, 2.05) is 32.0 Å². The fourth-order valence-electron chi connectivity index (χ4n) is 2.55. The van der Waals surface area contributed by atoms with Gasteiger partial charge in [0.05, 0.1) is 16.3 Å². The summed E-state index contributed by atoms with van der Waals surface area (Å²) in [6.45, 7) is 3.98. The summed E-state index contributed by atoms with van der Waals surface area (Å²) in [5.41, 5.74) is 2.46. The van der Waals surface area contributed by atoms with Gasteiger partial charge in [-0.15, -0.1) is 0 Å². The van der Waals surface area contributed by atoms with Crippen molar-refractivity contribution >= 4 is 46.8 Å². The minimum atomic E-state index is -4.53. The van der Waals surface area contributed by atoms with Gasteiger partial charge in [-0.25, -0.2) is 4.98 Å². The maximum absolute atomic E-state index is 12.8. The molecule has 0 aliphatic carbocycles. The lowest BCUT2D eigenvalue weighted by Gasteiger charge is -2.08. The molecule has 154 valence electrons. The summed E-state index contributed by atoms with van der Waals surface area (Å²) < 4.78 is 42.5. The van der Waals surface area contributed by atoms with Crippen LogP contribution < -0.4 is 0 Å². The highest BCUT2D eigenvalue weighted by Crippen LogP contribution is 2.38. The molecule has 0 radical (unpaired) electrons. The second-order valence-electron chi connectivity index (χ2n) is 6.31. The van der Waals surface area contributed by atoms with E-state index in [9.17, 15) is 18.4 Å². The molecule has 30 heavy (non-hydrogen) atoms. The van der Waals surface area contributed by atoms with Gasteiger partial charge < -0.3 is 0 Å². The van der Waals surface area contributed by atoms with Crippen molar-refractivity contribution in [1.82, 2.24) is 9.36 Å². The second kappa shape index (κ2) is 9.16. The zero-order valence-electron chi connectivity index (χ0n) is 15.8. The predicted octanol–water partition coefficient (Wildman–Crippen LogP) is 6.80. The van der Waals surface area contributed by atoms with Crippen LogP contribution in [0.4, 0.5) is 18.9 Å². The Morgan fingerprint density at radius 2 is 2.03 bits per heavy atom.